The average molecular weight is 539 g/mol. The number of carbonyl (C=O) groups excluding carboxylic acids is 1. The lowest BCUT2D eigenvalue weighted by Gasteiger charge is -2.34. The van der Waals surface area contributed by atoms with Gasteiger partial charge in [-0.3, -0.25) is 9.36 Å². The minimum Gasteiger partial charge on any atom is -0.336 e. The summed E-state index contributed by atoms with van der Waals surface area (Å²) in [7, 11) is -3.60. The third-order valence-electron chi connectivity index (χ3n) is 6.14. The van der Waals surface area contributed by atoms with Gasteiger partial charge in [0.2, 0.25) is 10.0 Å². The number of hydrogen-bond donors (Lipinski definition) is 0. The smallest absolute Gasteiger partial charge is 0.253 e. The van der Waals surface area contributed by atoms with E-state index in [9.17, 15) is 13.2 Å². The van der Waals surface area contributed by atoms with E-state index >= 15 is 0 Å². The van der Waals surface area contributed by atoms with Crippen LogP contribution in [0.5, 0.6) is 0 Å². The number of carbonyl (C=O) groups is 1. The Hall–Kier alpha value is -3.01. The van der Waals surface area contributed by atoms with E-state index in [0.29, 0.717) is 18.7 Å². The van der Waals surface area contributed by atoms with Crippen molar-refractivity contribution in [2.24, 2.45) is 0 Å². The Morgan fingerprint density at radius 3 is 2.35 bits per heavy atom. The molecule has 174 valence electrons. The Labute approximate surface area is 206 Å². The van der Waals surface area contributed by atoms with Gasteiger partial charge in [-0.05, 0) is 67.1 Å². The Morgan fingerprint density at radius 2 is 1.65 bits per heavy atom. The summed E-state index contributed by atoms with van der Waals surface area (Å²) < 4.78 is 30.4. The fourth-order valence-corrected chi connectivity index (χ4v) is 5.92. The van der Waals surface area contributed by atoms with Crippen LogP contribution in [0.15, 0.2) is 82.4 Å². The van der Waals surface area contributed by atoms with Gasteiger partial charge in [0.15, 0.2) is 0 Å². The third-order valence-corrected chi connectivity index (χ3v) is 8.92. The van der Waals surface area contributed by atoms with Crippen molar-refractivity contribution in [3.63, 3.8) is 0 Å². The van der Waals surface area contributed by atoms with Crippen molar-refractivity contribution in [2.45, 2.75) is 11.8 Å². The van der Waals surface area contributed by atoms with E-state index in [1.54, 1.807) is 41.6 Å². The number of amides is 1. The second-order valence-corrected chi connectivity index (χ2v) is 11.0. The van der Waals surface area contributed by atoms with Crippen LogP contribution in [0, 0.1) is 6.92 Å². The Kier molecular flexibility index (Phi) is 6.01. The molecule has 0 unspecified atom stereocenters. The Balaban J connectivity index is 1.27. The normalized spacial score (nSPS) is 15.1. The molecule has 0 atom stereocenters. The number of nitrogens with zero attached hydrogens (tertiary/aromatic N) is 4. The molecule has 1 aromatic heterocycles. The molecule has 0 bridgehead atoms. The van der Waals surface area contributed by atoms with Gasteiger partial charge in [0.1, 0.15) is 6.33 Å². The second kappa shape index (κ2) is 8.98. The van der Waals surface area contributed by atoms with Gasteiger partial charge in [0, 0.05) is 41.9 Å². The molecule has 5 rings (SSSR count). The summed E-state index contributed by atoms with van der Waals surface area (Å²) >= 11 is 3.41. The van der Waals surface area contributed by atoms with E-state index in [1.165, 1.54) is 4.31 Å². The highest BCUT2D eigenvalue weighted by atomic mass is 79.9. The minimum atomic E-state index is -3.60. The topological polar surface area (TPSA) is 75.5 Å². The standard InChI is InChI=1S/C25H23BrN4O3S/c1-18-16-21(10-11-22(18)26)34(32,33)29-14-12-28(13-15-29)25(31)19-6-8-20(9-7-19)30-17-27-23-4-2-3-5-24(23)30/h2-11,16-17H,12-15H2,1H3. The number of fused-ring (bicyclic) bond motifs is 1. The van der Waals surface area contributed by atoms with Crippen LogP contribution in [-0.2, 0) is 10.0 Å². The highest BCUT2D eigenvalue weighted by Crippen LogP contribution is 2.24. The monoisotopic (exact) mass is 538 g/mol. The van der Waals surface area contributed by atoms with Crippen LogP contribution in [0.25, 0.3) is 16.7 Å². The number of hydrogen-bond acceptors (Lipinski definition) is 4. The molecule has 1 aliphatic heterocycles. The van der Waals surface area contributed by atoms with Gasteiger partial charge in [-0.15, -0.1) is 0 Å². The summed E-state index contributed by atoms with van der Waals surface area (Å²) in [6.07, 6.45) is 1.77. The van der Waals surface area contributed by atoms with Crippen molar-refractivity contribution in [3.8, 4) is 5.69 Å². The number of piperazine rings is 1. The number of aromatic nitrogens is 2. The summed E-state index contributed by atoms with van der Waals surface area (Å²) in [6, 6.07) is 20.3. The highest BCUT2D eigenvalue weighted by molar-refractivity contribution is 9.10. The maximum atomic E-state index is 13.1. The molecule has 0 aliphatic carbocycles. The molecule has 1 saturated heterocycles. The van der Waals surface area contributed by atoms with E-state index in [0.717, 1.165) is 26.8 Å². The van der Waals surface area contributed by atoms with E-state index < -0.39 is 10.0 Å². The zero-order chi connectivity index (χ0) is 23.9. The zero-order valence-electron chi connectivity index (χ0n) is 18.6. The van der Waals surface area contributed by atoms with Gasteiger partial charge in [0.05, 0.1) is 15.9 Å². The number of aryl methyl sites for hydroxylation is 1. The van der Waals surface area contributed by atoms with Crippen LogP contribution in [-0.4, -0.2) is 59.3 Å². The molecule has 0 spiro atoms. The lowest BCUT2D eigenvalue weighted by atomic mass is 10.1. The van der Waals surface area contributed by atoms with Gasteiger partial charge in [-0.25, -0.2) is 13.4 Å². The molecule has 0 saturated carbocycles. The van der Waals surface area contributed by atoms with Gasteiger partial charge in [-0.2, -0.15) is 4.31 Å². The Bertz CT molecular complexity index is 1470. The number of rotatable bonds is 4. The number of imidazole rings is 1. The maximum Gasteiger partial charge on any atom is 0.253 e. The first kappa shape index (κ1) is 22.8. The van der Waals surface area contributed by atoms with E-state index in [2.05, 4.69) is 20.9 Å². The average Bonchev–Trinajstić information content (AvgIpc) is 3.29. The SMILES string of the molecule is Cc1cc(S(=O)(=O)N2CCN(C(=O)c3ccc(-n4cnc5ccccc54)cc3)CC2)ccc1Br. The molecule has 2 heterocycles. The third kappa shape index (κ3) is 4.15. The van der Waals surface area contributed by atoms with E-state index in [4.69, 9.17) is 0 Å². The van der Waals surface area contributed by atoms with Crippen LogP contribution in [0.4, 0.5) is 0 Å². The molecule has 3 aromatic carbocycles. The van der Waals surface area contributed by atoms with Crippen molar-refractivity contribution < 1.29 is 13.2 Å². The molecule has 4 aromatic rings. The molecule has 1 aliphatic rings. The summed E-state index contributed by atoms with van der Waals surface area (Å²) in [5.74, 6) is -0.0985. The van der Waals surface area contributed by atoms with Gasteiger partial charge in [0.25, 0.3) is 5.91 Å². The van der Waals surface area contributed by atoms with Crippen molar-refractivity contribution in [1.82, 2.24) is 18.8 Å². The molecule has 0 N–H and O–H groups in total. The second-order valence-electron chi connectivity index (χ2n) is 8.26. The van der Waals surface area contributed by atoms with E-state index in [-0.39, 0.29) is 23.9 Å². The first-order valence-corrected chi connectivity index (χ1v) is 13.2. The van der Waals surface area contributed by atoms with Crippen LogP contribution in [0.3, 0.4) is 0 Å². The van der Waals surface area contributed by atoms with E-state index in [1.807, 2.05) is 47.9 Å². The quantitative estimate of drug-likeness (QED) is 0.389. The van der Waals surface area contributed by atoms with Crippen LogP contribution in [0.2, 0.25) is 0 Å². The number of halogens is 1. The number of benzene rings is 3. The van der Waals surface area contributed by atoms with Crippen molar-refractivity contribution in [3.05, 3.63) is 88.7 Å². The lowest BCUT2D eigenvalue weighted by molar-refractivity contribution is 0.0698. The largest absolute Gasteiger partial charge is 0.336 e. The van der Waals surface area contributed by atoms with Crippen molar-refractivity contribution >= 4 is 42.9 Å². The van der Waals surface area contributed by atoms with Gasteiger partial charge >= 0.3 is 0 Å². The maximum absolute atomic E-state index is 13.1. The van der Waals surface area contributed by atoms with Crippen molar-refractivity contribution in [1.29, 1.82) is 0 Å². The number of para-hydroxylation sites is 2. The number of sulfonamides is 1. The predicted molar refractivity (Wildman–Crippen MR) is 135 cm³/mol. The predicted octanol–water partition coefficient (Wildman–Crippen LogP) is 4.24. The summed E-state index contributed by atoms with van der Waals surface area (Å²) in [5.41, 5.74) is 4.27. The Morgan fingerprint density at radius 1 is 0.941 bits per heavy atom. The molecule has 0 radical (unpaired) electrons. The van der Waals surface area contributed by atoms with Gasteiger partial charge < -0.3 is 4.90 Å². The van der Waals surface area contributed by atoms with Crippen molar-refractivity contribution in [2.75, 3.05) is 26.2 Å². The first-order valence-electron chi connectivity index (χ1n) is 10.9. The summed E-state index contributed by atoms with van der Waals surface area (Å²) in [5, 5.41) is 0. The molecule has 7 nitrogen and oxygen atoms in total. The zero-order valence-corrected chi connectivity index (χ0v) is 21.0. The molecular weight excluding hydrogens is 516 g/mol. The minimum absolute atomic E-state index is 0.0985. The molecule has 1 fully saturated rings. The highest BCUT2D eigenvalue weighted by Gasteiger charge is 2.30. The van der Waals surface area contributed by atoms with Crippen LogP contribution in [0.1, 0.15) is 15.9 Å². The molecule has 9 heteroatoms. The summed E-state index contributed by atoms with van der Waals surface area (Å²) in [6.45, 7) is 3.09. The lowest BCUT2D eigenvalue weighted by Crippen LogP contribution is -2.50. The summed E-state index contributed by atoms with van der Waals surface area (Å²) in [4.78, 5) is 19.4. The fraction of sp³-hybridized carbons (Fsp3) is 0.200. The first-order chi connectivity index (χ1) is 16.3. The molecule has 34 heavy (non-hydrogen) atoms. The molecule has 1 amide bonds. The molecular formula is C25H23BrN4O3S. The van der Waals surface area contributed by atoms with Gasteiger partial charge in [-0.1, -0.05) is 28.1 Å². The van der Waals surface area contributed by atoms with Crippen LogP contribution < -0.4 is 0 Å². The van der Waals surface area contributed by atoms with Crippen LogP contribution >= 0.6 is 15.9 Å². The fourth-order valence-electron chi connectivity index (χ4n) is 4.17.